The van der Waals surface area contributed by atoms with Gasteiger partial charge in [0, 0.05) is 42.6 Å². The van der Waals surface area contributed by atoms with Crippen LogP contribution in [0.5, 0.6) is 5.88 Å². The van der Waals surface area contributed by atoms with E-state index in [1.807, 2.05) is 18.2 Å². The topological polar surface area (TPSA) is 76.9 Å². The second kappa shape index (κ2) is 6.48. The van der Waals surface area contributed by atoms with E-state index in [9.17, 15) is 0 Å². The lowest BCUT2D eigenvalue weighted by molar-refractivity contribution is 0.249. The molecule has 0 N–H and O–H groups in total. The van der Waals surface area contributed by atoms with Gasteiger partial charge in [0.05, 0.1) is 24.0 Å². The van der Waals surface area contributed by atoms with Gasteiger partial charge in [-0.05, 0) is 31.4 Å². The van der Waals surface area contributed by atoms with Gasteiger partial charge in [0.15, 0.2) is 0 Å². The van der Waals surface area contributed by atoms with Crippen LogP contribution in [0.2, 0.25) is 0 Å². The lowest BCUT2D eigenvalue weighted by Gasteiger charge is -2.19. The first-order valence-electron chi connectivity index (χ1n) is 9.13. The molecule has 1 saturated carbocycles. The van der Waals surface area contributed by atoms with E-state index in [1.54, 1.807) is 18.7 Å². The van der Waals surface area contributed by atoms with Crippen molar-refractivity contribution in [2.45, 2.75) is 25.2 Å². The fourth-order valence-electron chi connectivity index (χ4n) is 3.51. The Morgan fingerprint density at radius 3 is 2.88 bits per heavy atom. The summed E-state index contributed by atoms with van der Waals surface area (Å²) in [6.45, 7) is 2.54. The summed E-state index contributed by atoms with van der Waals surface area (Å²) in [4.78, 5) is 15.2. The van der Waals surface area contributed by atoms with Crippen LogP contribution in [0.4, 0.5) is 5.82 Å². The molecule has 3 aromatic heterocycles. The van der Waals surface area contributed by atoms with Crippen molar-refractivity contribution in [3.05, 3.63) is 42.6 Å². The summed E-state index contributed by atoms with van der Waals surface area (Å²) >= 11 is 0. The molecule has 0 aromatic carbocycles. The van der Waals surface area contributed by atoms with Crippen LogP contribution in [0.1, 0.15) is 30.9 Å². The van der Waals surface area contributed by atoms with Crippen molar-refractivity contribution >= 4 is 16.7 Å². The van der Waals surface area contributed by atoms with Gasteiger partial charge >= 0.3 is 0 Å². The zero-order chi connectivity index (χ0) is 17.3. The van der Waals surface area contributed by atoms with Gasteiger partial charge in [-0.2, -0.15) is 5.10 Å². The van der Waals surface area contributed by atoms with Gasteiger partial charge in [0.25, 0.3) is 0 Å². The predicted octanol–water partition coefficient (Wildman–Crippen LogP) is 2.60. The van der Waals surface area contributed by atoms with Crippen molar-refractivity contribution in [3.63, 3.8) is 0 Å². The molecule has 1 saturated heterocycles. The molecule has 2 aliphatic rings. The van der Waals surface area contributed by atoms with Crippen molar-refractivity contribution in [2.24, 2.45) is 5.92 Å². The van der Waals surface area contributed by atoms with E-state index in [0.717, 1.165) is 41.9 Å². The minimum atomic E-state index is 0.451. The Hall–Kier alpha value is -2.83. The molecule has 7 heteroatoms. The van der Waals surface area contributed by atoms with Gasteiger partial charge in [-0.3, -0.25) is 4.98 Å². The predicted molar refractivity (Wildman–Crippen MR) is 97.2 cm³/mol. The van der Waals surface area contributed by atoms with Crippen LogP contribution in [-0.4, -0.2) is 44.8 Å². The van der Waals surface area contributed by atoms with Crippen molar-refractivity contribution in [3.8, 4) is 5.88 Å². The van der Waals surface area contributed by atoms with Gasteiger partial charge in [0.2, 0.25) is 5.88 Å². The fraction of sp³-hybridized carbons (Fsp3) is 0.421. The van der Waals surface area contributed by atoms with Crippen LogP contribution >= 0.6 is 0 Å². The molecule has 4 heterocycles. The summed E-state index contributed by atoms with van der Waals surface area (Å²) in [6, 6.07) is 5.96. The van der Waals surface area contributed by atoms with Crippen LogP contribution in [0.15, 0.2) is 36.9 Å². The molecular weight excluding hydrogens is 328 g/mol. The number of ether oxygens (including phenoxy) is 1. The van der Waals surface area contributed by atoms with Crippen LogP contribution in [0, 0.1) is 5.92 Å². The van der Waals surface area contributed by atoms with Gasteiger partial charge in [0.1, 0.15) is 12.1 Å². The van der Waals surface area contributed by atoms with Crippen LogP contribution < -0.4 is 9.64 Å². The number of hydrogen-bond donors (Lipinski definition) is 0. The number of fused-ring (bicyclic) bond motifs is 1. The number of pyridine rings is 1. The molecule has 1 aliphatic carbocycles. The quantitative estimate of drug-likeness (QED) is 0.701. The average molecular weight is 348 g/mol. The number of rotatable bonds is 5. The minimum Gasteiger partial charge on any atom is -0.476 e. The maximum absolute atomic E-state index is 5.87. The SMILES string of the molecule is c1cc2c(N3CCC(COc4ccc(C5CC5)nn4)C3)ncnc2cn1. The van der Waals surface area contributed by atoms with Crippen molar-refractivity contribution in [2.75, 3.05) is 24.6 Å². The number of nitrogens with zero attached hydrogens (tertiary/aromatic N) is 6. The van der Waals surface area contributed by atoms with E-state index < -0.39 is 0 Å². The molecule has 3 aromatic rings. The van der Waals surface area contributed by atoms with Gasteiger partial charge in [-0.15, -0.1) is 5.10 Å². The summed E-state index contributed by atoms with van der Waals surface area (Å²) in [7, 11) is 0. The van der Waals surface area contributed by atoms with E-state index in [2.05, 4.69) is 30.0 Å². The molecule has 26 heavy (non-hydrogen) atoms. The molecule has 5 rings (SSSR count). The van der Waals surface area contributed by atoms with E-state index in [0.29, 0.717) is 24.3 Å². The third-order valence-electron chi connectivity index (χ3n) is 5.13. The first kappa shape index (κ1) is 15.4. The van der Waals surface area contributed by atoms with E-state index >= 15 is 0 Å². The molecule has 2 fully saturated rings. The second-order valence-corrected chi connectivity index (χ2v) is 7.07. The maximum Gasteiger partial charge on any atom is 0.233 e. The van der Waals surface area contributed by atoms with E-state index in [4.69, 9.17) is 4.74 Å². The highest BCUT2D eigenvalue weighted by molar-refractivity contribution is 5.88. The Kier molecular flexibility index (Phi) is 3.84. The first-order valence-corrected chi connectivity index (χ1v) is 9.13. The third kappa shape index (κ3) is 3.05. The second-order valence-electron chi connectivity index (χ2n) is 7.07. The molecule has 0 spiro atoms. The summed E-state index contributed by atoms with van der Waals surface area (Å²) in [5.74, 6) is 2.67. The molecule has 132 valence electrons. The standard InChI is InChI=1S/C19H20N6O/c1-2-14(1)16-3-4-18(24-23-16)26-11-13-6-8-25(10-13)19-15-5-7-20-9-17(15)21-12-22-19/h3-5,7,9,12-14H,1-2,6,8,10-11H2. The first-order chi connectivity index (χ1) is 12.9. The van der Waals surface area contributed by atoms with Gasteiger partial charge in [-0.25, -0.2) is 9.97 Å². The van der Waals surface area contributed by atoms with Crippen LogP contribution in [-0.2, 0) is 0 Å². The molecule has 7 nitrogen and oxygen atoms in total. The lowest BCUT2D eigenvalue weighted by Crippen LogP contribution is -2.23. The summed E-state index contributed by atoms with van der Waals surface area (Å²) in [6.07, 6.45) is 8.72. The number of anilines is 1. The summed E-state index contributed by atoms with van der Waals surface area (Å²) in [5.41, 5.74) is 1.97. The molecule has 0 amide bonds. The maximum atomic E-state index is 5.87. The highest BCUT2D eigenvalue weighted by atomic mass is 16.5. The summed E-state index contributed by atoms with van der Waals surface area (Å²) < 4.78 is 5.87. The molecule has 1 unspecified atom stereocenters. The zero-order valence-electron chi connectivity index (χ0n) is 14.5. The zero-order valence-corrected chi connectivity index (χ0v) is 14.5. The normalized spacial score (nSPS) is 19.8. The average Bonchev–Trinajstić information content (AvgIpc) is 3.44. The van der Waals surface area contributed by atoms with Crippen molar-refractivity contribution < 1.29 is 4.74 Å². The number of hydrogen-bond acceptors (Lipinski definition) is 7. The van der Waals surface area contributed by atoms with Gasteiger partial charge < -0.3 is 9.64 Å². The number of aromatic nitrogens is 5. The molecule has 0 radical (unpaired) electrons. The Morgan fingerprint density at radius 2 is 2.04 bits per heavy atom. The highest BCUT2D eigenvalue weighted by Gasteiger charge is 2.27. The Labute approximate surface area is 151 Å². The minimum absolute atomic E-state index is 0.451. The fourth-order valence-corrected chi connectivity index (χ4v) is 3.51. The van der Waals surface area contributed by atoms with Gasteiger partial charge in [-0.1, -0.05) is 0 Å². The Morgan fingerprint density at radius 1 is 1.08 bits per heavy atom. The molecule has 1 atom stereocenters. The van der Waals surface area contributed by atoms with Crippen molar-refractivity contribution in [1.29, 1.82) is 0 Å². The highest BCUT2D eigenvalue weighted by Crippen LogP contribution is 2.38. The smallest absolute Gasteiger partial charge is 0.233 e. The van der Waals surface area contributed by atoms with Crippen molar-refractivity contribution in [1.82, 2.24) is 25.1 Å². The third-order valence-corrected chi connectivity index (χ3v) is 5.13. The summed E-state index contributed by atoms with van der Waals surface area (Å²) in [5, 5.41) is 9.53. The Balaban J connectivity index is 1.23. The van der Waals surface area contributed by atoms with E-state index in [1.165, 1.54) is 12.8 Å². The van der Waals surface area contributed by atoms with Crippen LogP contribution in [0.25, 0.3) is 10.9 Å². The molecule has 0 bridgehead atoms. The molecular formula is C19H20N6O. The lowest BCUT2D eigenvalue weighted by atomic mass is 10.1. The van der Waals surface area contributed by atoms with Crippen LogP contribution in [0.3, 0.4) is 0 Å². The Bertz CT molecular complexity index is 906. The largest absolute Gasteiger partial charge is 0.476 e. The van der Waals surface area contributed by atoms with E-state index in [-0.39, 0.29) is 0 Å². The monoisotopic (exact) mass is 348 g/mol. The molecule has 1 aliphatic heterocycles.